The van der Waals surface area contributed by atoms with Crippen LogP contribution < -0.4 is 30.6 Å². The van der Waals surface area contributed by atoms with E-state index in [2.05, 4.69) is 9.88 Å². The molecule has 0 aliphatic rings. The summed E-state index contributed by atoms with van der Waals surface area (Å²) in [6.45, 7) is 5.40. The van der Waals surface area contributed by atoms with Gasteiger partial charge in [0.15, 0.2) is 0 Å². The third kappa shape index (κ3) is 27.6. The van der Waals surface area contributed by atoms with E-state index in [1.165, 1.54) is 0 Å². The normalized spacial score (nSPS) is 13.9. The zero-order chi connectivity index (χ0) is 35.4. The average Bonchev–Trinajstić information content (AvgIpc) is 2.91. The summed E-state index contributed by atoms with van der Waals surface area (Å²) in [6, 6.07) is 0. The summed E-state index contributed by atoms with van der Waals surface area (Å²) >= 11 is 3.10. The summed E-state index contributed by atoms with van der Waals surface area (Å²) in [5.41, 5.74) is -6.85. The Hall–Kier alpha value is -1.70. The van der Waals surface area contributed by atoms with E-state index in [1.807, 2.05) is 0 Å². The van der Waals surface area contributed by atoms with Crippen molar-refractivity contribution in [1.29, 1.82) is 0 Å². The van der Waals surface area contributed by atoms with Gasteiger partial charge in [0, 0.05) is 37.2 Å². The molecule has 17 heteroatoms. The van der Waals surface area contributed by atoms with Crippen LogP contribution in [0.5, 0.6) is 0 Å². The van der Waals surface area contributed by atoms with E-state index < -0.39 is 71.9 Å². The van der Waals surface area contributed by atoms with Crippen LogP contribution in [0.2, 0.25) is 9.88 Å². The maximum absolute atomic E-state index is 10.4. The molecule has 0 saturated heterocycles. The van der Waals surface area contributed by atoms with Crippen LogP contribution in [-0.2, 0) is 28.8 Å². The topological polar surface area (TPSA) is 301 Å². The van der Waals surface area contributed by atoms with Crippen LogP contribution in [0.15, 0.2) is 0 Å². The summed E-state index contributed by atoms with van der Waals surface area (Å²) in [5, 5.41) is 89.5. The SMILES string of the molecule is CCCCC(O)(CC(=O)[O-])C(=O)[O-].CCCCC(O)(CC(=O)[O-])C(=O)[O-].CCCCC(O)(CC(=O)[O-])C(=O)[O-].[CH3][Sn+3].[CH3][Sn+3]. The predicted molar refractivity (Wildman–Crippen MR) is 141 cm³/mol. The van der Waals surface area contributed by atoms with E-state index in [4.69, 9.17) is 0 Å². The van der Waals surface area contributed by atoms with Crippen LogP contribution in [0.1, 0.15) is 97.8 Å². The first-order valence-electron chi connectivity index (χ1n) is 13.2. The van der Waals surface area contributed by atoms with Crippen LogP contribution >= 0.6 is 0 Å². The Kier molecular flexibility index (Phi) is 34.4. The zero-order valence-electron chi connectivity index (χ0n) is 25.2. The molecule has 0 radical (unpaired) electrons. The van der Waals surface area contributed by atoms with Gasteiger partial charge in [-0.25, -0.2) is 0 Å². The first kappa shape index (κ1) is 50.9. The Morgan fingerprint density at radius 3 is 0.721 bits per heavy atom. The van der Waals surface area contributed by atoms with Crippen molar-refractivity contribution < 1.29 is 74.7 Å². The number of aliphatic hydroxyl groups is 3. The second kappa shape index (κ2) is 29.0. The number of aliphatic carboxylic acids is 6. The second-order valence-electron chi connectivity index (χ2n) is 8.91. The number of rotatable bonds is 18. The van der Waals surface area contributed by atoms with Crippen LogP contribution in [0.25, 0.3) is 0 Å². The van der Waals surface area contributed by atoms with Crippen molar-refractivity contribution in [3.63, 3.8) is 0 Å². The van der Waals surface area contributed by atoms with Crippen LogP contribution in [0, 0.1) is 0 Å². The summed E-state index contributed by atoms with van der Waals surface area (Å²) in [6.07, 6.45) is 0.153. The molecule has 15 nitrogen and oxygen atoms in total. The molecule has 0 amide bonds. The first-order valence-corrected chi connectivity index (χ1v) is 18.9. The molecule has 0 aromatic carbocycles. The maximum atomic E-state index is 10.4. The van der Waals surface area contributed by atoms with Crippen LogP contribution in [0.3, 0.4) is 0 Å². The average molecular weight is 832 g/mol. The van der Waals surface area contributed by atoms with Gasteiger partial charge >= 0.3 is 54.9 Å². The fourth-order valence-electron chi connectivity index (χ4n) is 2.91. The van der Waals surface area contributed by atoms with E-state index in [1.54, 1.807) is 65.8 Å². The minimum atomic E-state index is -2.28. The zero-order valence-corrected chi connectivity index (χ0v) is 30.9. The van der Waals surface area contributed by atoms with Gasteiger partial charge in [-0.1, -0.05) is 59.3 Å². The third-order valence-electron chi connectivity index (χ3n) is 5.28. The van der Waals surface area contributed by atoms with E-state index in [0.717, 1.165) is 0 Å². The minimum absolute atomic E-state index is 0.125. The first-order chi connectivity index (χ1) is 19.8. The molecule has 0 aliphatic carbocycles. The number of unbranched alkanes of at least 4 members (excludes halogenated alkanes) is 3. The van der Waals surface area contributed by atoms with E-state index >= 15 is 0 Å². The standard InChI is InChI=1S/3C8H14O5.2CH3.2Sn/c3*1-2-3-4-8(13,7(11)12)5-6(9)10;;;;/h3*13H,2-5H2,1H3,(H,9,10)(H,11,12);2*1H3;;/q;;;;;2*+3/p-6. The molecule has 0 aromatic heterocycles. The Labute approximate surface area is 278 Å². The number of carbonyl (C=O) groups excluding carboxylic acids is 6. The van der Waals surface area contributed by atoms with Gasteiger partial charge < -0.3 is 74.7 Å². The van der Waals surface area contributed by atoms with Crippen molar-refractivity contribution in [2.24, 2.45) is 0 Å². The van der Waals surface area contributed by atoms with Gasteiger partial charge in [-0.15, -0.1) is 0 Å². The van der Waals surface area contributed by atoms with Crippen molar-refractivity contribution >= 4 is 80.9 Å². The molecule has 0 fully saturated rings. The molecule has 244 valence electrons. The number of hydrogen-bond donors (Lipinski definition) is 3. The van der Waals surface area contributed by atoms with Crippen LogP contribution in [0.4, 0.5) is 0 Å². The molecule has 3 unspecified atom stereocenters. The fraction of sp³-hybridized carbons (Fsp3) is 0.769. The van der Waals surface area contributed by atoms with E-state index in [-0.39, 0.29) is 19.3 Å². The van der Waals surface area contributed by atoms with Crippen molar-refractivity contribution in [3.05, 3.63) is 0 Å². The van der Waals surface area contributed by atoms with Gasteiger partial charge in [-0.3, -0.25) is 0 Å². The molecule has 3 atom stereocenters. The van der Waals surface area contributed by atoms with Gasteiger partial charge in [0.1, 0.15) is 16.8 Å². The summed E-state index contributed by atoms with van der Waals surface area (Å²) in [7, 11) is 0. The fourth-order valence-corrected chi connectivity index (χ4v) is 2.91. The van der Waals surface area contributed by atoms with Gasteiger partial charge in [0.05, 0.1) is 17.9 Å². The number of carbonyl (C=O) groups is 6. The van der Waals surface area contributed by atoms with Gasteiger partial charge in [-0.2, -0.15) is 0 Å². The Morgan fingerprint density at radius 1 is 0.465 bits per heavy atom. The van der Waals surface area contributed by atoms with Crippen LogP contribution in [-0.4, -0.2) is 113 Å². The van der Waals surface area contributed by atoms with Crippen molar-refractivity contribution in [1.82, 2.24) is 0 Å². The third-order valence-corrected chi connectivity index (χ3v) is 5.28. The molecule has 0 aliphatic heterocycles. The summed E-state index contributed by atoms with van der Waals surface area (Å²) in [4.78, 5) is 65.8. The van der Waals surface area contributed by atoms with Gasteiger partial charge in [-0.05, 0) is 19.3 Å². The van der Waals surface area contributed by atoms with E-state index in [0.29, 0.717) is 38.5 Å². The van der Waals surface area contributed by atoms with Gasteiger partial charge in [0.25, 0.3) is 0 Å². The van der Waals surface area contributed by atoms with Crippen molar-refractivity contribution in [2.75, 3.05) is 0 Å². The number of hydrogen-bond acceptors (Lipinski definition) is 15. The molecule has 0 rings (SSSR count). The molecule has 0 saturated carbocycles. The summed E-state index contributed by atoms with van der Waals surface area (Å²) < 4.78 is 0. The molecular formula is C26H42O15Sn2. The number of carboxylic acids is 6. The molecule has 0 spiro atoms. The molecule has 0 aromatic rings. The second-order valence-corrected chi connectivity index (χ2v) is 8.91. The molecule has 0 heterocycles. The van der Waals surface area contributed by atoms with Crippen molar-refractivity contribution in [3.8, 4) is 0 Å². The Bertz CT molecular complexity index is 720. The van der Waals surface area contributed by atoms with Crippen molar-refractivity contribution in [2.45, 2.75) is 125 Å². The Balaban J connectivity index is -0.000000158. The Morgan fingerprint density at radius 2 is 0.628 bits per heavy atom. The monoisotopic (exact) mass is 834 g/mol. The summed E-state index contributed by atoms with van der Waals surface area (Å²) in [5.74, 6) is -10.1. The number of carboxylic acid groups (broad SMARTS) is 6. The molecular weight excluding hydrogens is 790 g/mol. The molecule has 43 heavy (non-hydrogen) atoms. The van der Waals surface area contributed by atoms with Gasteiger partial charge in [0.2, 0.25) is 0 Å². The molecule has 0 bridgehead atoms. The predicted octanol–water partition coefficient (Wildman–Crippen LogP) is -6.20. The van der Waals surface area contributed by atoms with E-state index in [9.17, 15) is 74.7 Å². The molecule has 3 N–H and O–H groups in total. The quantitative estimate of drug-likeness (QED) is 0.108.